The second-order valence-corrected chi connectivity index (χ2v) is 7.46. The van der Waals surface area contributed by atoms with Crippen LogP contribution in [0.1, 0.15) is 13.3 Å². The van der Waals surface area contributed by atoms with Gasteiger partial charge < -0.3 is 5.11 Å². The molecule has 1 atom stereocenters. The van der Waals surface area contributed by atoms with Crippen molar-refractivity contribution in [2.24, 2.45) is 4.99 Å². The standard InChI is InChI=1S/C17H13F2NO4S/c1-9-10(8-15(21)22)16-13(20-9)7-6-12(19)17(16)25(23,24)14-5-3-2-4-11(14)18/h2-7,9H,8H2,1H3,(H,21,22). The summed E-state index contributed by atoms with van der Waals surface area (Å²) in [5, 5.41) is 9.17. The normalized spacial score (nSPS) is 16.4. The van der Waals surface area contributed by atoms with Crippen LogP contribution in [-0.2, 0) is 14.6 Å². The molecule has 0 radical (unpaired) electrons. The molecule has 8 heteroatoms. The van der Waals surface area contributed by atoms with E-state index in [0.29, 0.717) is 0 Å². The van der Waals surface area contributed by atoms with Crippen molar-refractivity contribution in [2.75, 3.05) is 0 Å². The van der Waals surface area contributed by atoms with E-state index in [1.807, 2.05) is 0 Å². The minimum Gasteiger partial charge on any atom is -0.481 e. The number of aliphatic carboxylic acids is 1. The van der Waals surface area contributed by atoms with Gasteiger partial charge in [-0.1, -0.05) is 12.1 Å². The molecule has 25 heavy (non-hydrogen) atoms. The van der Waals surface area contributed by atoms with Gasteiger partial charge in [-0.2, -0.15) is 0 Å². The molecular weight excluding hydrogens is 352 g/mol. The Labute approximate surface area is 141 Å². The first-order valence-corrected chi connectivity index (χ1v) is 8.82. The minimum absolute atomic E-state index is 0.0850. The number of rotatable bonds is 4. The number of sulfone groups is 1. The monoisotopic (exact) mass is 365 g/mol. The zero-order valence-electron chi connectivity index (χ0n) is 13.0. The van der Waals surface area contributed by atoms with Crippen molar-refractivity contribution in [1.82, 2.24) is 0 Å². The molecule has 0 amide bonds. The van der Waals surface area contributed by atoms with E-state index in [1.165, 1.54) is 18.2 Å². The first kappa shape index (κ1) is 17.2. The Bertz CT molecular complexity index is 1110. The Balaban J connectivity index is 2.43. The predicted octanol–water partition coefficient (Wildman–Crippen LogP) is 1.44. The van der Waals surface area contributed by atoms with Crippen LogP contribution in [0.3, 0.4) is 0 Å². The maximum atomic E-state index is 14.5. The van der Waals surface area contributed by atoms with E-state index in [1.54, 1.807) is 6.92 Å². The first-order valence-electron chi connectivity index (χ1n) is 7.34. The van der Waals surface area contributed by atoms with Crippen LogP contribution in [0, 0.1) is 11.6 Å². The molecule has 0 aliphatic carbocycles. The maximum Gasteiger partial charge on any atom is 0.307 e. The summed E-state index contributed by atoms with van der Waals surface area (Å²) in [5.41, 5.74) is 0.178. The number of carboxylic acid groups (broad SMARTS) is 1. The fourth-order valence-electron chi connectivity index (χ4n) is 2.89. The average Bonchev–Trinajstić information content (AvgIpc) is 2.83. The van der Waals surface area contributed by atoms with Crippen molar-refractivity contribution in [1.29, 1.82) is 0 Å². The Morgan fingerprint density at radius 1 is 1.16 bits per heavy atom. The summed E-state index contributed by atoms with van der Waals surface area (Å²) in [4.78, 5) is 13.9. The molecule has 130 valence electrons. The fourth-order valence-corrected chi connectivity index (χ4v) is 4.53. The largest absolute Gasteiger partial charge is 0.481 e. The lowest BCUT2D eigenvalue weighted by molar-refractivity contribution is -0.135. The molecule has 0 aromatic heterocycles. The molecule has 2 aromatic carbocycles. The Morgan fingerprint density at radius 2 is 1.84 bits per heavy atom. The number of carboxylic acids is 1. The van der Waals surface area contributed by atoms with Gasteiger partial charge in [0.1, 0.15) is 21.4 Å². The van der Waals surface area contributed by atoms with Gasteiger partial charge in [0.15, 0.2) is 0 Å². The lowest BCUT2D eigenvalue weighted by Gasteiger charge is -2.10. The fraction of sp³-hybridized carbons (Fsp3) is 0.176. The molecule has 1 N–H and O–H groups in total. The third-order valence-electron chi connectivity index (χ3n) is 3.98. The molecule has 1 unspecified atom stereocenters. The topological polar surface area (TPSA) is 83.8 Å². The summed E-state index contributed by atoms with van der Waals surface area (Å²) in [6, 6.07) is 6.26. The van der Waals surface area contributed by atoms with E-state index in [0.717, 1.165) is 18.2 Å². The smallest absolute Gasteiger partial charge is 0.307 e. The van der Waals surface area contributed by atoms with Crippen molar-refractivity contribution in [2.45, 2.75) is 29.2 Å². The molecule has 0 saturated heterocycles. The Morgan fingerprint density at radius 3 is 2.48 bits per heavy atom. The van der Waals surface area contributed by atoms with Gasteiger partial charge >= 0.3 is 5.97 Å². The van der Waals surface area contributed by atoms with Crippen molar-refractivity contribution in [3.05, 3.63) is 58.6 Å². The number of nitrogens with zero attached hydrogens (tertiary/aromatic N) is 1. The summed E-state index contributed by atoms with van der Waals surface area (Å²) in [5.74, 6) is -3.28. The molecule has 0 fully saturated rings. The number of fused-ring (bicyclic) bond motifs is 1. The highest BCUT2D eigenvalue weighted by atomic mass is 32.2. The van der Waals surface area contributed by atoms with Crippen molar-refractivity contribution >= 4 is 21.4 Å². The molecule has 0 spiro atoms. The highest BCUT2D eigenvalue weighted by Gasteiger charge is 2.30. The van der Waals surface area contributed by atoms with Gasteiger partial charge in [0, 0.05) is 5.22 Å². The zero-order chi connectivity index (χ0) is 18.4. The van der Waals surface area contributed by atoms with Gasteiger partial charge in [0.05, 0.1) is 17.8 Å². The van der Waals surface area contributed by atoms with Gasteiger partial charge in [-0.25, -0.2) is 17.2 Å². The summed E-state index contributed by atoms with van der Waals surface area (Å²) in [6.07, 6.45) is -0.485. The first-order chi connectivity index (χ1) is 11.7. The maximum absolute atomic E-state index is 14.5. The van der Waals surface area contributed by atoms with Gasteiger partial charge in [0.25, 0.3) is 0 Å². The van der Waals surface area contributed by atoms with Crippen LogP contribution in [0.5, 0.6) is 0 Å². The van der Waals surface area contributed by atoms with E-state index in [-0.39, 0.29) is 16.1 Å². The quantitative estimate of drug-likeness (QED) is 0.889. The van der Waals surface area contributed by atoms with Crippen LogP contribution in [0.25, 0.3) is 5.57 Å². The van der Waals surface area contributed by atoms with E-state index >= 15 is 0 Å². The number of hydrogen-bond donors (Lipinski definition) is 1. The van der Waals surface area contributed by atoms with Crippen molar-refractivity contribution in [3.63, 3.8) is 0 Å². The van der Waals surface area contributed by atoms with Gasteiger partial charge in [-0.3, -0.25) is 9.79 Å². The summed E-state index contributed by atoms with van der Waals surface area (Å²) in [7, 11) is -4.54. The second-order valence-electron chi connectivity index (χ2n) is 5.61. The van der Waals surface area contributed by atoms with Crippen molar-refractivity contribution < 1.29 is 27.1 Å². The van der Waals surface area contributed by atoms with Crippen molar-refractivity contribution in [3.8, 4) is 0 Å². The van der Waals surface area contributed by atoms with Gasteiger partial charge in [-0.15, -0.1) is 0 Å². The molecule has 2 aromatic rings. The molecule has 1 heterocycles. The Hall–Kier alpha value is -2.61. The lowest BCUT2D eigenvalue weighted by atomic mass is 10.0. The van der Waals surface area contributed by atoms with Crippen LogP contribution in [-0.4, -0.2) is 25.5 Å². The van der Waals surface area contributed by atoms with Crippen LogP contribution >= 0.6 is 0 Å². The van der Waals surface area contributed by atoms with E-state index in [4.69, 9.17) is 5.11 Å². The van der Waals surface area contributed by atoms with Crippen LogP contribution < -0.4 is 10.6 Å². The van der Waals surface area contributed by atoms with E-state index in [2.05, 4.69) is 4.99 Å². The van der Waals surface area contributed by atoms with Crippen LogP contribution in [0.2, 0.25) is 0 Å². The van der Waals surface area contributed by atoms with Gasteiger partial charge in [-0.05, 0) is 36.8 Å². The average molecular weight is 365 g/mol. The molecule has 1 aliphatic rings. The highest BCUT2D eigenvalue weighted by Crippen LogP contribution is 2.24. The molecular formula is C17H13F2NO4S. The number of benzene rings is 2. The van der Waals surface area contributed by atoms with Crippen LogP contribution in [0.4, 0.5) is 8.78 Å². The van der Waals surface area contributed by atoms with Crippen LogP contribution in [0.15, 0.2) is 51.2 Å². The molecule has 0 saturated carbocycles. The second kappa shape index (κ2) is 6.03. The minimum atomic E-state index is -4.54. The highest BCUT2D eigenvalue weighted by molar-refractivity contribution is 7.91. The molecule has 0 bridgehead atoms. The SMILES string of the molecule is CC1N=c2ccc(F)c(S(=O)(=O)c3ccccc3F)c2=C1CC(=O)O. The molecule has 5 nitrogen and oxygen atoms in total. The Kier molecular flexibility index (Phi) is 4.16. The summed E-state index contributed by atoms with van der Waals surface area (Å²) >= 11 is 0. The lowest BCUT2D eigenvalue weighted by Crippen LogP contribution is -2.32. The van der Waals surface area contributed by atoms with E-state index < -0.39 is 49.7 Å². The van der Waals surface area contributed by atoms with Gasteiger partial charge in [0.2, 0.25) is 9.84 Å². The number of hydrogen-bond acceptors (Lipinski definition) is 4. The van der Waals surface area contributed by atoms with E-state index in [9.17, 15) is 22.0 Å². The number of carbonyl (C=O) groups is 1. The predicted molar refractivity (Wildman–Crippen MR) is 84.2 cm³/mol. The third-order valence-corrected chi connectivity index (χ3v) is 5.83. The summed E-state index contributed by atoms with van der Waals surface area (Å²) < 4.78 is 54.3. The molecule has 3 rings (SSSR count). The molecule has 1 aliphatic heterocycles. The number of halogens is 2. The summed E-state index contributed by atoms with van der Waals surface area (Å²) in [6.45, 7) is 1.59. The third kappa shape index (κ3) is 2.82. The zero-order valence-corrected chi connectivity index (χ0v) is 13.8.